The highest BCUT2D eigenvalue weighted by Gasteiger charge is 2.31. The fourth-order valence-corrected chi connectivity index (χ4v) is 4.68. The topological polar surface area (TPSA) is 73.4 Å². The normalized spacial score (nSPS) is 24.5. The smallest absolute Gasteiger partial charge is 0.235 e. The summed E-state index contributed by atoms with van der Waals surface area (Å²) in [4.78, 5) is 15.9. The number of primary amides is 1. The molecule has 2 fully saturated rings. The number of hydrogen-bond acceptors (Lipinski definition) is 4. The van der Waals surface area contributed by atoms with E-state index in [1.165, 1.54) is 6.07 Å². The van der Waals surface area contributed by atoms with Crippen molar-refractivity contribution in [2.45, 2.75) is 32.1 Å². The molecule has 5 nitrogen and oxygen atoms in total. The van der Waals surface area contributed by atoms with Crippen LogP contribution in [0.4, 0.5) is 10.1 Å². The number of carbonyl (C=O) groups excluding carboxylic acids is 1. The minimum absolute atomic E-state index is 0.120. The number of piperazine rings is 1. The van der Waals surface area contributed by atoms with E-state index in [-0.39, 0.29) is 11.7 Å². The molecule has 1 unspecified atom stereocenters. The van der Waals surface area contributed by atoms with Gasteiger partial charge in [0.1, 0.15) is 11.7 Å². The van der Waals surface area contributed by atoms with Crippen LogP contribution in [0.2, 0.25) is 5.02 Å². The van der Waals surface area contributed by atoms with Gasteiger partial charge in [0.15, 0.2) is 0 Å². The van der Waals surface area contributed by atoms with Gasteiger partial charge in [0.05, 0.1) is 11.8 Å². The van der Waals surface area contributed by atoms with Gasteiger partial charge in [0.2, 0.25) is 5.91 Å². The first-order chi connectivity index (χ1) is 13.5. The SMILES string of the molecule is N#CC(C(N)=O)C1CCC(CCN2CCN(c3cc(Cl)ccc3F)CC2)CC1. The Bertz CT molecular complexity index is 722. The van der Waals surface area contributed by atoms with Gasteiger partial charge in [-0.15, -0.1) is 0 Å². The Morgan fingerprint density at radius 2 is 1.93 bits per heavy atom. The van der Waals surface area contributed by atoms with Gasteiger partial charge in [0, 0.05) is 31.2 Å². The molecule has 2 N–H and O–H groups in total. The van der Waals surface area contributed by atoms with Crippen molar-refractivity contribution in [1.29, 1.82) is 5.26 Å². The molecule has 28 heavy (non-hydrogen) atoms. The lowest BCUT2D eigenvalue weighted by Crippen LogP contribution is -2.47. The van der Waals surface area contributed by atoms with Crippen molar-refractivity contribution in [3.63, 3.8) is 0 Å². The Balaban J connectivity index is 1.40. The first-order valence-corrected chi connectivity index (χ1v) is 10.5. The third kappa shape index (κ3) is 5.15. The number of rotatable bonds is 6. The van der Waals surface area contributed by atoms with Crippen molar-refractivity contribution in [2.75, 3.05) is 37.6 Å². The standard InChI is InChI=1S/C21H28ClFN4O/c22-17-5-6-19(23)20(13-17)27-11-9-26(10-12-27)8-7-15-1-3-16(4-2-15)18(14-24)21(25)28/h5-6,13,15-16,18H,1-4,7-12H2,(H2,25,28). The minimum Gasteiger partial charge on any atom is -0.369 e. The second-order valence-electron chi connectivity index (χ2n) is 8.00. The van der Waals surface area contributed by atoms with E-state index in [1.807, 2.05) is 0 Å². The number of nitrogens with zero attached hydrogens (tertiary/aromatic N) is 3. The molecule has 0 aromatic heterocycles. The van der Waals surface area contributed by atoms with Gasteiger partial charge >= 0.3 is 0 Å². The van der Waals surface area contributed by atoms with Gasteiger partial charge in [-0.25, -0.2) is 4.39 Å². The van der Waals surface area contributed by atoms with Crippen molar-refractivity contribution in [3.8, 4) is 6.07 Å². The van der Waals surface area contributed by atoms with Crippen molar-refractivity contribution in [1.82, 2.24) is 4.90 Å². The molecule has 7 heteroatoms. The zero-order valence-corrected chi connectivity index (χ0v) is 16.9. The van der Waals surface area contributed by atoms with Gasteiger partial charge in [-0.1, -0.05) is 24.4 Å². The number of amides is 1. The monoisotopic (exact) mass is 406 g/mol. The first-order valence-electron chi connectivity index (χ1n) is 10.1. The van der Waals surface area contributed by atoms with E-state index in [1.54, 1.807) is 12.1 Å². The van der Waals surface area contributed by atoms with E-state index in [2.05, 4.69) is 15.9 Å². The number of hydrogen-bond donors (Lipinski definition) is 1. The summed E-state index contributed by atoms with van der Waals surface area (Å²) in [7, 11) is 0. The largest absolute Gasteiger partial charge is 0.369 e. The van der Waals surface area contributed by atoms with Gasteiger partial charge in [-0.3, -0.25) is 9.69 Å². The summed E-state index contributed by atoms with van der Waals surface area (Å²) in [5.74, 6) is -0.580. The summed E-state index contributed by atoms with van der Waals surface area (Å²) >= 11 is 6.01. The number of anilines is 1. The molecular formula is C21H28ClFN4O. The van der Waals surface area contributed by atoms with Crippen LogP contribution in [0.1, 0.15) is 32.1 Å². The van der Waals surface area contributed by atoms with Crippen molar-refractivity contribution < 1.29 is 9.18 Å². The lowest BCUT2D eigenvalue weighted by Gasteiger charge is -2.37. The number of nitriles is 1. The van der Waals surface area contributed by atoms with Gasteiger partial charge in [0.25, 0.3) is 0 Å². The molecule has 0 spiro atoms. The van der Waals surface area contributed by atoms with Crippen LogP contribution in [-0.4, -0.2) is 43.5 Å². The Morgan fingerprint density at radius 1 is 1.25 bits per heavy atom. The Hall–Kier alpha value is -1.84. The summed E-state index contributed by atoms with van der Waals surface area (Å²) in [6.45, 7) is 4.47. The Morgan fingerprint density at radius 3 is 2.54 bits per heavy atom. The van der Waals surface area contributed by atoms with Crippen molar-refractivity contribution in [3.05, 3.63) is 29.0 Å². The quantitative estimate of drug-likeness (QED) is 0.785. The third-order valence-electron chi connectivity index (χ3n) is 6.28. The molecule has 1 amide bonds. The number of benzene rings is 1. The Labute approximate surface area is 171 Å². The highest BCUT2D eigenvalue weighted by molar-refractivity contribution is 6.30. The van der Waals surface area contributed by atoms with E-state index >= 15 is 0 Å². The van der Waals surface area contributed by atoms with Crippen LogP contribution in [0, 0.1) is 34.9 Å². The minimum atomic E-state index is -0.638. The molecule has 0 bridgehead atoms. The van der Waals surface area contributed by atoms with E-state index in [9.17, 15) is 9.18 Å². The van der Waals surface area contributed by atoms with E-state index in [0.29, 0.717) is 16.6 Å². The van der Waals surface area contributed by atoms with E-state index < -0.39 is 11.8 Å². The maximum absolute atomic E-state index is 14.0. The predicted octanol–water partition coefficient (Wildman–Crippen LogP) is 3.42. The van der Waals surface area contributed by atoms with Crippen LogP contribution in [0.5, 0.6) is 0 Å². The zero-order valence-electron chi connectivity index (χ0n) is 16.1. The van der Waals surface area contributed by atoms with Crippen molar-refractivity contribution >= 4 is 23.2 Å². The number of nitrogens with two attached hydrogens (primary N) is 1. The predicted molar refractivity (Wildman–Crippen MR) is 108 cm³/mol. The van der Waals surface area contributed by atoms with Gasteiger partial charge in [-0.2, -0.15) is 5.26 Å². The molecule has 1 atom stereocenters. The molecular weight excluding hydrogens is 379 g/mol. The van der Waals surface area contributed by atoms with Crippen LogP contribution >= 0.6 is 11.6 Å². The molecule has 1 aromatic carbocycles. The second kappa shape index (κ2) is 9.58. The molecule has 1 aromatic rings. The van der Waals surface area contributed by atoms with E-state index in [4.69, 9.17) is 22.6 Å². The molecule has 1 saturated carbocycles. The average Bonchev–Trinajstić information content (AvgIpc) is 2.70. The lowest BCUT2D eigenvalue weighted by atomic mass is 9.75. The average molecular weight is 407 g/mol. The van der Waals surface area contributed by atoms with Crippen molar-refractivity contribution in [2.24, 2.45) is 23.5 Å². The highest BCUT2D eigenvalue weighted by atomic mass is 35.5. The van der Waals surface area contributed by atoms with Crippen LogP contribution < -0.4 is 10.6 Å². The molecule has 0 radical (unpaired) electrons. The molecule has 152 valence electrons. The van der Waals surface area contributed by atoms with Crippen LogP contribution in [0.25, 0.3) is 0 Å². The van der Waals surface area contributed by atoms with Gasteiger partial charge in [-0.05, 0) is 55.8 Å². The molecule has 2 aliphatic rings. The first kappa shape index (κ1) is 20.9. The fraction of sp³-hybridized carbons (Fsp3) is 0.619. The fourth-order valence-electron chi connectivity index (χ4n) is 4.52. The maximum Gasteiger partial charge on any atom is 0.235 e. The summed E-state index contributed by atoms with van der Waals surface area (Å²) in [6, 6.07) is 6.78. The molecule has 1 aliphatic carbocycles. The lowest BCUT2D eigenvalue weighted by molar-refractivity contribution is -0.122. The van der Waals surface area contributed by atoms with Crippen LogP contribution in [0.3, 0.4) is 0 Å². The summed E-state index contributed by atoms with van der Waals surface area (Å²) < 4.78 is 14.0. The van der Waals surface area contributed by atoms with Crippen LogP contribution in [-0.2, 0) is 4.79 Å². The molecule has 1 saturated heterocycles. The number of carbonyl (C=O) groups is 1. The molecule has 1 heterocycles. The summed E-state index contributed by atoms with van der Waals surface area (Å²) in [5.41, 5.74) is 5.93. The summed E-state index contributed by atoms with van der Waals surface area (Å²) in [6.07, 6.45) is 5.07. The number of halogens is 2. The summed E-state index contributed by atoms with van der Waals surface area (Å²) in [5, 5.41) is 9.69. The van der Waals surface area contributed by atoms with Crippen LogP contribution in [0.15, 0.2) is 18.2 Å². The molecule has 3 rings (SSSR count). The second-order valence-corrected chi connectivity index (χ2v) is 8.44. The maximum atomic E-state index is 14.0. The zero-order chi connectivity index (χ0) is 20.1. The van der Waals surface area contributed by atoms with Gasteiger partial charge < -0.3 is 10.6 Å². The van der Waals surface area contributed by atoms with E-state index in [0.717, 1.165) is 64.8 Å². The Kier molecular flexibility index (Phi) is 7.14. The third-order valence-corrected chi connectivity index (χ3v) is 6.52. The highest BCUT2D eigenvalue weighted by Crippen LogP contribution is 2.35. The molecule has 1 aliphatic heterocycles.